The lowest BCUT2D eigenvalue weighted by Crippen LogP contribution is -2.27. The van der Waals surface area contributed by atoms with Crippen LogP contribution < -0.4 is 0 Å². The largest absolute Gasteiger partial charge is 0.395 e. The number of nitrogens with zero attached hydrogens (tertiary/aromatic N) is 1. The fraction of sp³-hybridized carbons (Fsp3) is 0.500. The van der Waals surface area contributed by atoms with Crippen LogP contribution in [0.15, 0.2) is 18.2 Å². The minimum absolute atomic E-state index is 0.172. The van der Waals surface area contributed by atoms with Gasteiger partial charge in [-0.2, -0.15) is 0 Å². The van der Waals surface area contributed by atoms with E-state index in [1.165, 1.54) is 0 Å². The van der Waals surface area contributed by atoms with Crippen LogP contribution in [0.2, 0.25) is 10.0 Å². The Labute approximate surface area is 107 Å². The zero-order chi connectivity index (χ0) is 12.0. The zero-order valence-electron chi connectivity index (χ0n) is 9.42. The Morgan fingerprint density at radius 2 is 2.00 bits per heavy atom. The van der Waals surface area contributed by atoms with Gasteiger partial charge in [0.05, 0.1) is 6.61 Å². The Balaban J connectivity index is 2.68. The third-order valence-corrected chi connectivity index (χ3v) is 2.95. The molecule has 4 heteroatoms. The molecule has 1 N–H and O–H groups in total. The van der Waals surface area contributed by atoms with E-state index >= 15 is 0 Å². The van der Waals surface area contributed by atoms with Crippen molar-refractivity contribution >= 4 is 23.2 Å². The summed E-state index contributed by atoms with van der Waals surface area (Å²) in [5.41, 5.74) is 1.05. The highest BCUT2D eigenvalue weighted by molar-refractivity contribution is 6.35. The molecular weight excluding hydrogens is 245 g/mol. The molecule has 0 aliphatic heterocycles. The molecule has 0 bridgehead atoms. The first-order valence-electron chi connectivity index (χ1n) is 5.44. The topological polar surface area (TPSA) is 23.5 Å². The van der Waals surface area contributed by atoms with Crippen LogP contribution in [0.3, 0.4) is 0 Å². The number of aliphatic hydroxyl groups excluding tert-OH is 1. The second kappa shape index (κ2) is 7.13. The van der Waals surface area contributed by atoms with Crippen LogP contribution in [0.25, 0.3) is 0 Å². The van der Waals surface area contributed by atoms with Crippen LogP contribution >= 0.6 is 23.2 Å². The Kier molecular flexibility index (Phi) is 6.14. The normalized spacial score (nSPS) is 11.1. The molecule has 16 heavy (non-hydrogen) atoms. The highest BCUT2D eigenvalue weighted by Gasteiger charge is 2.07. The van der Waals surface area contributed by atoms with Gasteiger partial charge in [-0.1, -0.05) is 36.2 Å². The standard InChI is InChI=1S/C12H17Cl2NO/c1-2-5-15(6-7-16)9-10-3-4-11(13)8-12(10)14/h3-4,8,16H,2,5-7,9H2,1H3. The molecule has 0 heterocycles. The second-order valence-corrected chi connectivity index (χ2v) is 4.58. The molecule has 0 radical (unpaired) electrons. The number of rotatable bonds is 6. The molecule has 2 nitrogen and oxygen atoms in total. The molecule has 1 aromatic rings. The summed E-state index contributed by atoms with van der Waals surface area (Å²) in [6, 6.07) is 5.53. The van der Waals surface area contributed by atoms with E-state index in [-0.39, 0.29) is 6.61 Å². The Hall–Kier alpha value is -0.280. The predicted octanol–water partition coefficient (Wildman–Crippen LogP) is 3.20. The number of aliphatic hydroxyl groups is 1. The maximum atomic E-state index is 8.96. The van der Waals surface area contributed by atoms with Crippen LogP contribution in [-0.4, -0.2) is 29.7 Å². The predicted molar refractivity (Wildman–Crippen MR) is 69.1 cm³/mol. The van der Waals surface area contributed by atoms with Crippen molar-refractivity contribution in [1.82, 2.24) is 4.90 Å². The van der Waals surface area contributed by atoms with E-state index in [2.05, 4.69) is 11.8 Å². The molecule has 0 unspecified atom stereocenters. The van der Waals surface area contributed by atoms with Crippen molar-refractivity contribution < 1.29 is 5.11 Å². The van der Waals surface area contributed by atoms with Crippen molar-refractivity contribution in [2.45, 2.75) is 19.9 Å². The maximum absolute atomic E-state index is 8.96. The molecule has 1 rings (SSSR count). The van der Waals surface area contributed by atoms with E-state index < -0.39 is 0 Å². The minimum Gasteiger partial charge on any atom is -0.395 e. The molecule has 0 fully saturated rings. The Morgan fingerprint density at radius 1 is 1.25 bits per heavy atom. The van der Waals surface area contributed by atoms with Crippen LogP contribution in [-0.2, 0) is 6.54 Å². The first-order valence-corrected chi connectivity index (χ1v) is 6.20. The van der Waals surface area contributed by atoms with Crippen molar-refractivity contribution in [3.8, 4) is 0 Å². The lowest BCUT2D eigenvalue weighted by molar-refractivity contribution is 0.190. The van der Waals surface area contributed by atoms with E-state index in [1.54, 1.807) is 6.07 Å². The average molecular weight is 262 g/mol. The summed E-state index contributed by atoms with van der Waals surface area (Å²) in [6.45, 7) is 4.68. The lowest BCUT2D eigenvalue weighted by Gasteiger charge is -2.21. The first-order chi connectivity index (χ1) is 7.67. The zero-order valence-corrected chi connectivity index (χ0v) is 10.9. The quantitative estimate of drug-likeness (QED) is 0.851. The smallest absolute Gasteiger partial charge is 0.0558 e. The molecule has 1 aromatic carbocycles. The van der Waals surface area contributed by atoms with Crippen molar-refractivity contribution in [2.75, 3.05) is 19.7 Å². The fourth-order valence-corrected chi connectivity index (χ4v) is 2.09. The van der Waals surface area contributed by atoms with Gasteiger partial charge in [0, 0.05) is 23.1 Å². The fourth-order valence-electron chi connectivity index (χ4n) is 1.62. The third kappa shape index (κ3) is 4.30. The van der Waals surface area contributed by atoms with Gasteiger partial charge < -0.3 is 5.11 Å². The van der Waals surface area contributed by atoms with Gasteiger partial charge in [-0.3, -0.25) is 4.90 Å². The van der Waals surface area contributed by atoms with E-state index in [0.717, 1.165) is 25.1 Å². The summed E-state index contributed by atoms with van der Waals surface area (Å²) in [5, 5.41) is 10.3. The monoisotopic (exact) mass is 261 g/mol. The van der Waals surface area contributed by atoms with Crippen molar-refractivity contribution in [3.05, 3.63) is 33.8 Å². The maximum Gasteiger partial charge on any atom is 0.0558 e. The third-order valence-electron chi connectivity index (χ3n) is 2.37. The van der Waals surface area contributed by atoms with Gasteiger partial charge in [0.2, 0.25) is 0 Å². The van der Waals surface area contributed by atoms with Crippen molar-refractivity contribution in [3.63, 3.8) is 0 Å². The van der Waals surface area contributed by atoms with Crippen molar-refractivity contribution in [1.29, 1.82) is 0 Å². The summed E-state index contributed by atoms with van der Waals surface area (Å²) in [4.78, 5) is 2.18. The summed E-state index contributed by atoms with van der Waals surface area (Å²) < 4.78 is 0. The number of halogens is 2. The van der Waals surface area contributed by atoms with Gasteiger partial charge in [0.15, 0.2) is 0 Å². The Bertz CT molecular complexity index is 325. The lowest BCUT2D eigenvalue weighted by atomic mass is 10.2. The van der Waals surface area contributed by atoms with Gasteiger partial charge in [0.25, 0.3) is 0 Å². The summed E-state index contributed by atoms with van der Waals surface area (Å²) >= 11 is 11.9. The molecule has 90 valence electrons. The van der Waals surface area contributed by atoms with E-state index in [4.69, 9.17) is 28.3 Å². The summed E-state index contributed by atoms with van der Waals surface area (Å²) in [5.74, 6) is 0. The molecule has 0 saturated carbocycles. The van der Waals surface area contributed by atoms with Gasteiger partial charge in [0.1, 0.15) is 0 Å². The van der Waals surface area contributed by atoms with Crippen LogP contribution in [0, 0.1) is 0 Å². The molecule has 0 atom stereocenters. The van der Waals surface area contributed by atoms with Crippen LogP contribution in [0.1, 0.15) is 18.9 Å². The molecule has 0 spiro atoms. The highest BCUT2D eigenvalue weighted by atomic mass is 35.5. The Morgan fingerprint density at radius 3 is 2.56 bits per heavy atom. The van der Waals surface area contributed by atoms with Gasteiger partial charge in [-0.15, -0.1) is 0 Å². The second-order valence-electron chi connectivity index (χ2n) is 3.74. The molecule has 0 amide bonds. The summed E-state index contributed by atoms with van der Waals surface area (Å²) in [7, 11) is 0. The van der Waals surface area contributed by atoms with Crippen molar-refractivity contribution in [2.24, 2.45) is 0 Å². The molecule has 0 saturated heterocycles. The summed E-state index contributed by atoms with van der Waals surface area (Å²) in [6.07, 6.45) is 1.06. The van der Waals surface area contributed by atoms with Gasteiger partial charge in [-0.05, 0) is 30.7 Å². The SMILES string of the molecule is CCCN(CCO)Cc1ccc(Cl)cc1Cl. The van der Waals surface area contributed by atoms with E-state index in [0.29, 0.717) is 16.6 Å². The first kappa shape index (κ1) is 13.8. The highest BCUT2D eigenvalue weighted by Crippen LogP contribution is 2.22. The molecule has 0 aliphatic rings. The average Bonchev–Trinajstić information content (AvgIpc) is 2.23. The number of hydrogen-bond acceptors (Lipinski definition) is 2. The van der Waals surface area contributed by atoms with Gasteiger partial charge >= 0.3 is 0 Å². The minimum atomic E-state index is 0.172. The number of benzene rings is 1. The molecule has 0 aromatic heterocycles. The van der Waals surface area contributed by atoms with Crippen LogP contribution in [0.4, 0.5) is 0 Å². The molecule has 0 aliphatic carbocycles. The van der Waals surface area contributed by atoms with E-state index in [9.17, 15) is 0 Å². The molecular formula is C12H17Cl2NO. The van der Waals surface area contributed by atoms with E-state index in [1.807, 2.05) is 12.1 Å². The van der Waals surface area contributed by atoms with Gasteiger partial charge in [-0.25, -0.2) is 0 Å². The van der Waals surface area contributed by atoms with Crippen LogP contribution in [0.5, 0.6) is 0 Å². The number of hydrogen-bond donors (Lipinski definition) is 1.